The number of aryl methyl sites for hydroxylation is 1. The SMILES string of the molecule is Cc1ccccc1CN1C[C@@H]2C(=O)N(CCCN3CCCC3=O)C(=O)[C@@H]2C1. The van der Waals surface area contributed by atoms with Crippen molar-refractivity contribution in [2.45, 2.75) is 32.7 Å². The van der Waals surface area contributed by atoms with Crippen LogP contribution in [0.1, 0.15) is 30.4 Å². The van der Waals surface area contributed by atoms with Crippen LogP contribution in [0.2, 0.25) is 0 Å². The number of hydrogen-bond donors (Lipinski definition) is 0. The molecule has 0 aromatic heterocycles. The Bertz CT molecular complexity index is 739. The lowest BCUT2D eigenvalue weighted by molar-refractivity contribution is -0.140. The lowest BCUT2D eigenvalue weighted by atomic mass is 10.00. The summed E-state index contributed by atoms with van der Waals surface area (Å²) in [7, 11) is 0. The molecule has 0 unspecified atom stereocenters. The number of carbonyl (C=O) groups excluding carboxylic acids is 3. The van der Waals surface area contributed by atoms with Crippen molar-refractivity contribution in [3.8, 4) is 0 Å². The van der Waals surface area contributed by atoms with Crippen LogP contribution < -0.4 is 0 Å². The topological polar surface area (TPSA) is 60.9 Å². The fraction of sp³-hybridized carbons (Fsp3) is 0.571. The molecular weight excluding hydrogens is 342 g/mol. The second-order valence-electron chi connectivity index (χ2n) is 8.00. The van der Waals surface area contributed by atoms with Crippen LogP contribution in [-0.2, 0) is 20.9 Å². The van der Waals surface area contributed by atoms with Crippen LogP contribution in [0.4, 0.5) is 0 Å². The van der Waals surface area contributed by atoms with Gasteiger partial charge in [-0.05, 0) is 30.9 Å². The average molecular weight is 369 g/mol. The van der Waals surface area contributed by atoms with E-state index in [0.717, 1.165) is 19.5 Å². The number of hydrogen-bond acceptors (Lipinski definition) is 4. The highest BCUT2D eigenvalue weighted by Crippen LogP contribution is 2.34. The Balaban J connectivity index is 1.31. The van der Waals surface area contributed by atoms with E-state index in [1.165, 1.54) is 16.0 Å². The Morgan fingerprint density at radius 3 is 2.33 bits per heavy atom. The molecule has 3 aliphatic rings. The minimum Gasteiger partial charge on any atom is -0.343 e. The molecule has 3 aliphatic heterocycles. The number of carbonyl (C=O) groups is 3. The van der Waals surface area contributed by atoms with Crippen LogP contribution in [0.3, 0.4) is 0 Å². The van der Waals surface area contributed by atoms with Gasteiger partial charge in [0.05, 0.1) is 11.8 Å². The zero-order chi connectivity index (χ0) is 19.0. The maximum absolute atomic E-state index is 12.8. The van der Waals surface area contributed by atoms with Crippen molar-refractivity contribution in [1.29, 1.82) is 0 Å². The standard InChI is InChI=1S/C21H27N3O3/c1-15-6-2-3-7-16(15)12-22-13-17-18(14-22)21(27)24(20(17)26)11-5-10-23-9-4-8-19(23)25/h2-3,6-7,17-18H,4-5,8-14H2,1H3/t17-,18+. The molecule has 0 aliphatic carbocycles. The molecule has 3 heterocycles. The van der Waals surface area contributed by atoms with Gasteiger partial charge < -0.3 is 4.90 Å². The van der Waals surface area contributed by atoms with E-state index >= 15 is 0 Å². The number of likely N-dealkylation sites (tertiary alicyclic amines) is 3. The molecule has 0 saturated carbocycles. The Kier molecular flexibility index (Phi) is 5.00. The molecule has 1 aromatic rings. The average Bonchev–Trinajstić information content (AvgIpc) is 3.31. The van der Waals surface area contributed by atoms with Gasteiger partial charge in [0.1, 0.15) is 0 Å². The third-order valence-corrected chi connectivity index (χ3v) is 6.20. The molecule has 0 radical (unpaired) electrons. The fourth-order valence-corrected chi connectivity index (χ4v) is 4.63. The van der Waals surface area contributed by atoms with E-state index in [9.17, 15) is 14.4 Å². The smallest absolute Gasteiger partial charge is 0.234 e. The molecule has 2 atom stereocenters. The Morgan fingerprint density at radius 2 is 1.70 bits per heavy atom. The Labute approximate surface area is 160 Å². The fourth-order valence-electron chi connectivity index (χ4n) is 4.63. The molecule has 3 saturated heterocycles. The van der Waals surface area contributed by atoms with Gasteiger partial charge in [0.15, 0.2) is 0 Å². The molecule has 27 heavy (non-hydrogen) atoms. The highest BCUT2D eigenvalue weighted by molar-refractivity contribution is 6.05. The van der Waals surface area contributed by atoms with Crippen LogP contribution in [0.5, 0.6) is 0 Å². The first-order valence-electron chi connectivity index (χ1n) is 9.94. The van der Waals surface area contributed by atoms with Crippen LogP contribution in [0.25, 0.3) is 0 Å². The van der Waals surface area contributed by atoms with Gasteiger partial charge in [-0.25, -0.2) is 0 Å². The summed E-state index contributed by atoms with van der Waals surface area (Å²) < 4.78 is 0. The van der Waals surface area contributed by atoms with Crippen LogP contribution >= 0.6 is 0 Å². The van der Waals surface area contributed by atoms with Gasteiger partial charge >= 0.3 is 0 Å². The number of rotatable bonds is 6. The van der Waals surface area contributed by atoms with Crippen LogP contribution in [0, 0.1) is 18.8 Å². The predicted octanol–water partition coefficient (Wildman–Crippen LogP) is 1.42. The molecule has 3 fully saturated rings. The summed E-state index contributed by atoms with van der Waals surface area (Å²) in [6, 6.07) is 8.26. The molecule has 6 heteroatoms. The first kappa shape index (κ1) is 18.2. The molecule has 0 spiro atoms. The van der Waals surface area contributed by atoms with Crippen molar-refractivity contribution >= 4 is 17.7 Å². The lowest BCUT2D eigenvalue weighted by Crippen LogP contribution is -2.38. The van der Waals surface area contributed by atoms with E-state index in [2.05, 4.69) is 24.0 Å². The summed E-state index contributed by atoms with van der Waals surface area (Å²) in [5, 5.41) is 0. The quantitative estimate of drug-likeness (QED) is 0.712. The Hall–Kier alpha value is -2.21. The molecule has 1 aromatic carbocycles. The third kappa shape index (κ3) is 3.50. The first-order valence-corrected chi connectivity index (χ1v) is 9.94. The van der Waals surface area contributed by atoms with Gasteiger partial charge in [-0.2, -0.15) is 0 Å². The van der Waals surface area contributed by atoms with Crippen molar-refractivity contribution in [2.75, 3.05) is 32.7 Å². The normalized spacial score (nSPS) is 25.7. The number of fused-ring (bicyclic) bond motifs is 1. The minimum atomic E-state index is -0.199. The second-order valence-corrected chi connectivity index (χ2v) is 8.00. The monoisotopic (exact) mass is 369 g/mol. The summed E-state index contributed by atoms with van der Waals surface area (Å²) in [5.41, 5.74) is 2.50. The summed E-state index contributed by atoms with van der Waals surface area (Å²) >= 11 is 0. The third-order valence-electron chi connectivity index (χ3n) is 6.20. The summed E-state index contributed by atoms with van der Waals surface area (Å²) in [4.78, 5) is 42.7. The minimum absolute atomic E-state index is 0.0231. The summed E-state index contributed by atoms with van der Waals surface area (Å²) in [6.45, 7) is 6.08. The largest absolute Gasteiger partial charge is 0.343 e. The van der Waals surface area contributed by atoms with Gasteiger partial charge in [0.25, 0.3) is 0 Å². The van der Waals surface area contributed by atoms with Gasteiger partial charge in [-0.15, -0.1) is 0 Å². The number of benzene rings is 1. The molecule has 3 amide bonds. The van der Waals surface area contributed by atoms with Crippen molar-refractivity contribution in [3.05, 3.63) is 35.4 Å². The van der Waals surface area contributed by atoms with Crippen LogP contribution in [-0.4, -0.2) is 65.1 Å². The summed E-state index contributed by atoms with van der Waals surface area (Å²) in [5.74, 6) is -0.252. The van der Waals surface area contributed by atoms with E-state index in [1.54, 1.807) is 0 Å². The zero-order valence-electron chi connectivity index (χ0n) is 15.9. The van der Waals surface area contributed by atoms with Crippen molar-refractivity contribution in [3.63, 3.8) is 0 Å². The zero-order valence-corrected chi connectivity index (χ0v) is 15.9. The number of amides is 3. The van der Waals surface area contributed by atoms with Crippen molar-refractivity contribution < 1.29 is 14.4 Å². The molecule has 0 N–H and O–H groups in total. The molecule has 0 bridgehead atoms. The molecule has 6 nitrogen and oxygen atoms in total. The van der Waals surface area contributed by atoms with Gasteiger partial charge in [-0.1, -0.05) is 24.3 Å². The maximum Gasteiger partial charge on any atom is 0.234 e. The highest BCUT2D eigenvalue weighted by Gasteiger charge is 2.51. The van der Waals surface area contributed by atoms with Crippen LogP contribution in [0.15, 0.2) is 24.3 Å². The van der Waals surface area contributed by atoms with Crippen molar-refractivity contribution in [2.24, 2.45) is 11.8 Å². The lowest BCUT2D eigenvalue weighted by Gasteiger charge is -2.22. The first-order chi connectivity index (χ1) is 13.0. The Morgan fingerprint density at radius 1 is 1.00 bits per heavy atom. The van der Waals surface area contributed by atoms with E-state index in [-0.39, 0.29) is 29.6 Å². The van der Waals surface area contributed by atoms with E-state index < -0.39 is 0 Å². The van der Waals surface area contributed by atoms with Gasteiger partial charge in [-0.3, -0.25) is 24.2 Å². The number of nitrogens with zero attached hydrogens (tertiary/aromatic N) is 3. The maximum atomic E-state index is 12.8. The predicted molar refractivity (Wildman–Crippen MR) is 101 cm³/mol. The van der Waals surface area contributed by atoms with E-state index in [0.29, 0.717) is 39.0 Å². The summed E-state index contributed by atoms with van der Waals surface area (Å²) in [6.07, 6.45) is 2.22. The highest BCUT2D eigenvalue weighted by atomic mass is 16.2. The second kappa shape index (κ2) is 7.43. The van der Waals surface area contributed by atoms with Crippen molar-refractivity contribution in [1.82, 2.24) is 14.7 Å². The van der Waals surface area contributed by atoms with E-state index in [1.807, 2.05) is 17.0 Å². The van der Waals surface area contributed by atoms with Gasteiger partial charge in [0.2, 0.25) is 17.7 Å². The number of imide groups is 1. The van der Waals surface area contributed by atoms with E-state index in [4.69, 9.17) is 0 Å². The molecule has 4 rings (SSSR count). The molecule has 144 valence electrons. The molecular formula is C21H27N3O3. The van der Waals surface area contributed by atoms with Gasteiger partial charge in [0, 0.05) is 45.7 Å².